The molecule has 6 heteroatoms. The number of carbonyl (C=O) groups is 2. The predicted molar refractivity (Wildman–Crippen MR) is 65.8 cm³/mol. The molecule has 0 aliphatic rings. The smallest absolute Gasteiger partial charge is 0.317 e. The second-order valence-electron chi connectivity index (χ2n) is 3.50. The average Bonchev–Trinajstić information content (AvgIpc) is 2.33. The minimum absolute atomic E-state index is 0.0658. The highest BCUT2D eigenvalue weighted by molar-refractivity contribution is 5.76. The van der Waals surface area contributed by atoms with Gasteiger partial charge in [0, 0.05) is 39.7 Å². The van der Waals surface area contributed by atoms with Crippen LogP contribution in [-0.4, -0.2) is 56.7 Å². The molecule has 0 aliphatic heterocycles. The number of methoxy groups -OCH3 is 1. The molecule has 0 aliphatic carbocycles. The Bertz CT molecular complexity index is 230. The molecule has 3 amide bonds. The zero-order valence-corrected chi connectivity index (χ0v) is 10.9. The van der Waals surface area contributed by atoms with Gasteiger partial charge in [0.05, 0.1) is 6.61 Å². The van der Waals surface area contributed by atoms with Gasteiger partial charge < -0.3 is 20.3 Å². The van der Waals surface area contributed by atoms with E-state index in [-0.39, 0.29) is 11.9 Å². The number of carbonyl (C=O) groups excluding carboxylic acids is 2. The van der Waals surface area contributed by atoms with Crippen LogP contribution >= 0.6 is 0 Å². The first-order valence-electron chi connectivity index (χ1n) is 5.94. The first-order valence-corrected chi connectivity index (χ1v) is 5.94. The SMILES string of the molecule is CCN(CC)C(=O)NCCNC(=O)CCOC. The van der Waals surface area contributed by atoms with E-state index in [1.807, 2.05) is 13.8 Å². The minimum atomic E-state index is -0.0962. The molecule has 0 aromatic rings. The summed E-state index contributed by atoms with van der Waals surface area (Å²) in [7, 11) is 1.55. The average molecular weight is 245 g/mol. The van der Waals surface area contributed by atoms with Crippen LogP contribution in [0.2, 0.25) is 0 Å². The highest BCUT2D eigenvalue weighted by Crippen LogP contribution is 1.87. The molecule has 0 heterocycles. The van der Waals surface area contributed by atoms with Crippen molar-refractivity contribution >= 4 is 11.9 Å². The van der Waals surface area contributed by atoms with Gasteiger partial charge in [0.2, 0.25) is 5.91 Å². The standard InChI is InChI=1S/C11H23N3O3/c1-4-14(5-2)11(16)13-8-7-12-10(15)6-9-17-3/h4-9H2,1-3H3,(H,12,15)(H,13,16). The van der Waals surface area contributed by atoms with Crippen molar-refractivity contribution in [3.05, 3.63) is 0 Å². The van der Waals surface area contributed by atoms with E-state index in [0.717, 1.165) is 0 Å². The van der Waals surface area contributed by atoms with E-state index in [1.54, 1.807) is 12.0 Å². The first kappa shape index (κ1) is 15.7. The third kappa shape index (κ3) is 7.57. The van der Waals surface area contributed by atoms with E-state index in [0.29, 0.717) is 39.2 Å². The number of rotatable bonds is 8. The zero-order chi connectivity index (χ0) is 13.1. The normalized spacial score (nSPS) is 9.82. The topological polar surface area (TPSA) is 70.7 Å². The van der Waals surface area contributed by atoms with Gasteiger partial charge in [-0.25, -0.2) is 4.79 Å². The molecule has 0 fully saturated rings. The van der Waals surface area contributed by atoms with Crippen LogP contribution in [0.4, 0.5) is 4.79 Å². The third-order valence-electron chi connectivity index (χ3n) is 2.31. The van der Waals surface area contributed by atoms with E-state index in [1.165, 1.54) is 0 Å². The molecule has 0 rings (SSSR count). The van der Waals surface area contributed by atoms with E-state index in [9.17, 15) is 9.59 Å². The van der Waals surface area contributed by atoms with Crippen LogP contribution in [0.5, 0.6) is 0 Å². The molecule has 0 aromatic heterocycles. The summed E-state index contributed by atoms with van der Waals surface area (Å²) in [5, 5.41) is 5.43. The number of nitrogens with zero attached hydrogens (tertiary/aromatic N) is 1. The van der Waals surface area contributed by atoms with E-state index < -0.39 is 0 Å². The van der Waals surface area contributed by atoms with Crippen molar-refractivity contribution in [1.29, 1.82) is 0 Å². The Kier molecular flexibility index (Phi) is 9.14. The quantitative estimate of drug-likeness (QED) is 0.600. The fourth-order valence-electron chi connectivity index (χ4n) is 1.28. The van der Waals surface area contributed by atoms with Crippen molar-refractivity contribution in [2.75, 3.05) is 39.9 Å². The largest absolute Gasteiger partial charge is 0.384 e. The van der Waals surface area contributed by atoms with Crippen molar-refractivity contribution in [2.45, 2.75) is 20.3 Å². The highest BCUT2D eigenvalue weighted by atomic mass is 16.5. The van der Waals surface area contributed by atoms with Gasteiger partial charge in [0.25, 0.3) is 0 Å². The van der Waals surface area contributed by atoms with Crippen LogP contribution in [0.3, 0.4) is 0 Å². The predicted octanol–water partition coefficient (Wildman–Crippen LogP) is 0.191. The molecule has 0 radical (unpaired) electrons. The first-order chi connectivity index (χ1) is 8.15. The lowest BCUT2D eigenvalue weighted by Crippen LogP contribution is -2.42. The molecular formula is C11H23N3O3. The lowest BCUT2D eigenvalue weighted by molar-refractivity contribution is -0.121. The van der Waals surface area contributed by atoms with Gasteiger partial charge in [-0.15, -0.1) is 0 Å². The molecule has 100 valence electrons. The Labute approximate surface area is 103 Å². The van der Waals surface area contributed by atoms with E-state index in [2.05, 4.69) is 10.6 Å². The van der Waals surface area contributed by atoms with Crippen LogP contribution in [0.1, 0.15) is 20.3 Å². The van der Waals surface area contributed by atoms with Gasteiger partial charge in [0.1, 0.15) is 0 Å². The van der Waals surface area contributed by atoms with Crippen LogP contribution in [-0.2, 0) is 9.53 Å². The van der Waals surface area contributed by atoms with E-state index in [4.69, 9.17) is 4.74 Å². The molecular weight excluding hydrogens is 222 g/mol. The molecule has 6 nitrogen and oxygen atoms in total. The zero-order valence-electron chi connectivity index (χ0n) is 10.9. The Morgan fingerprint density at radius 1 is 1.12 bits per heavy atom. The molecule has 0 saturated heterocycles. The summed E-state index contributed by atoms with van der Waals surface area (Å²) in [6.07, 6.45) is 0.348. The van der Waals surface area contributed by atoms with Crippen LogP contribution in [0.25, 0.3) is 0 Å². The second-order valence-corrected chi connectivity index (χ2v) is 3.50. The van der Waals surface area contributed by atoms with Crippen LogP contribution < -0.4 is 10.6 Å². The minimum Gasteiger partial charge on any atom is -0.384 e. The summed E-state index contributed by atoms with van der Waals surface area (Å²) in [5.74, 6) is -0.0658. The Morgan fingerprint density at radius 3 is 2.24 bits per heavy atom. The monoisotopic (exact) mass is 245 g/mol. The molecule has 0 unspecified atom stereocenters. The molecule has 2 N–H and O–H groups in total. The summed E-state index contributed by atoms with van der Waals surface area (Å²) in [6, 6.07) is -0.0962. The fraction of sp³-hybridized carbons (Fsp3) is 0.818. The van der Waals surface area contributed by atoms with Gasteiger partial charge in [-0.05, 0) is 13.8 Å². The molecule has 0 saturated carbocycles. The van der Waals surface area contributed by atoms with Crippen LogP contribution in [0.15, 0.2) is 0 Å². The van der Waals surface area contributed by atoms with Gasteiger partial charge >= 0.3 is 6.03 Å². The summed E-state index contributed by atoms with van der Waals surface area (Å²) < 4.78 is 4.78. The van der Waals surface area contributed by atoms with Gasteiger partial charge in [-0.3, -0.25) is 4.79 Å². The maximum absolute atomic E-state index is 11.5. The summed E-state index contributed by atoms with van der Waals surface area (Å²) in [6.45, 7) is 6.51. The molecule has 17 heavy (non-hydrogen) atoms. The third-order valence-corrected chi connectivity index (χ3v) is 2.31. The van der Waals surface area contributed by atoms with Crippen molar-refractivity contribution in [3.8, 4) is 0 Å². The number of ether oxygens (including phenoxy) is 1. The number of hydrogen-bond acceptors (Lipinski definition) is 3. The van der Waals surface area contributed by atoms with Crippen molar-refractivity contribution in [1.82, 2.24) is 15.5 Å². The number of amides is 3. The Morgan fingerprint density at radius 2 is 1.71 bits per heavy atom. The second kappa shape index (κ2) is 9.89. The van der Waals surface area contributed by atoms with Crippen LogP contribution in [0, 0.1) is 0 Å². The Hall–Kier alpha value is -1.30. The maximum Gasteiger partial charge on any atom is 0.317 e. The molecule has 0 atom stereocenters. The summed E-state index contributed by atoms with van der Waals surface area (Å²) in [5.41, 5.74) is 0. The van der Waals surface area contributed by atoms with Crippen molar-refractivity contribution in [2.24, 2.45) is 0 Å². The lowest BCUT2D eigenvalue weighted by atomic mass is 10.4. The maximum atomic E-state index is 11.5. The van der Waals surface area contributed by atoms with Gasteiger partial charge in [-0.2, -0.15) is 0 Å². The fourth-order valence-corrected chi connectivity index (χ4v) is 1.28. The summed E-state index contributed by atoms with van der Waals surface area (Å²) >= 11 is 0. The molecule has 0 bridgehead atoms. The van der Waals surface area contributed by atoms with Gasteiger partial charge in [0.15, 0.2) is 0 Å². The lowest BCUT2D eigenvalue weighted by Gasteiger charge is -2.19. The number of urea groups is 1. The van der Waals surface area contributed by atoms with Crippen molar-refractivity contribution < 1.29 is 14.3 Å². The number of hydrogen-bond donors (Lipinski definition) is 2. The Balaban J connectivity index is 3.57. The molecule has 0 spiro atoms. The van der Waals surface area contributed by atoms with E-state index >= 15 is 0 Å². The highest BCUT2D eigenvalue weighted by Gasteiger charge is 2.07. The molecule has 0 aromatic carbocycles. The van der Waals surface area contributed by atoms with Crippen molar-refractivity contribution in [3.63, 3.8) is 0 Å². The summed E-state index contributed by atoms with van der Waals surface area (Å²) in [4.78, 5) is 24.4. The van der Waals surface area contributed by atoms with Gasteiger partial charge in [-0.1, -0.05) is 0 Å². The number of nitrogens with one attached hydrogen (secondary N) is 2.